The van der Waals surface area contributed by atoms with Gasteiger partial charge in [0.25, 0.3) is 5.56 Å². The summed E-state index contributed by atoms with van der Waals surface area (Å²) >= 11 is 12.2. The summed E-state index contributed by atoms with van der Waals surface area (Å²) in [5.74, 6) is 0. The predicted molar refractivity (Wildman–Crippen MR) is 90.6 cm³/mol. The Morgan fingerprint density at radius 2 is 1.64 bits per heavy atom. The molecule has 0 unspecified atom stereocenters. The van der Waals surface area contributed by atoms with E-state index in [0.717, 1.165) is 11.1 Å². The summed E-state index contributed by atoms with van der Waals surface area (Å²) in [6.07, 6.45) is 0. The van der Waals surface area contributed by atoms with Gasteiger partial charge in [-0.2, -0.15) is 0 Å². The summed E-state index contributed by atoms with van der Waals surface area (Å²) in [5.41, 5.74) is 2.03. The van der Waals surface area contributed by atoms with Gasteiger partial charge in [0, 0.05) is 18.0 Å². The highest BCUT2D eigenvalue weighted by atomic mass is 35.5. The third kappa shape index (κ3) is 2.31. The lowest BCUT2D eigenvalue weighted by Crippen LogP contribution is -2.22. The summed E-state index contributed by atoms with van der Waals surface area (Å²) in [4.78, 5) is 12.5. The second kappa shape index (κ2) is 5.76. The number of aliphatic hydroxyl groups excluding tert-OH is 1. The Hall–Kier alpha value is -1.81. The van der Waals surface area contributed by atoms with Crippen LogP contribution in [0.25, 0.3) is 21.9 Å². The topological polar surface area (TPSA) is 42.2 Å². The summed E-state index contributed by atoms with van der Waals surface area (Å²) < 4.78 is 1.45. The molecule has 0 atom stereocenters. The van der Waals surface area contributed by atoms with Gasteiger partial charge in [-0.1, -0.05) is 53.5 Å². The highest BCUT2D eigenvalue weighted by Crippen LogP contribution is 2.34. The average Bonchev–Trinajstić information content (AvgIpc) is 2.53. The Morgan fingerprint density at radius 3 is 2.23 bits per heavy atom. The first-order valence-electron chi connectivity index (χ1n) is 6.71. The van der Waals surface area contributed by atoms with Gasteiger partial charge < -0.3 is 9.67 Å². The van der Waals surface area contributed by atoms with E-state index in [1.54, 1.807) is 19.2 Å². The van der Waals surface area contributed by atoms with Crippen LogP contribution in [-0.4, -0.2) is 9.67 Å². The second-order valence-electron chi connectivity index (χ2n) is 5.02. The van der Waals surface area contributed by atoms with Crippen molar-refractivity contribution in [1.82, 2.24) is 4.57 Å². The van der Waals surface area contributed by atoms with Crippen LogP contribution in [-0.2, 0) is 13.7 Å². The van der Waals surface area contributed by atoms with Crippen molar-refractivity contribution in [2.24, 2.45) is 7.05 Å². The quantitative estimate of drug-likeness (QED) is 0.770. The van der Waals surface area contributed by atoms with Gasteiger partial charge in [-0.3, -0.25) is 4.79 Å². The van der Waals surface area contributed by atoms with Gasteiger partial charge >= 0.3 is 0 Å². The number of hydrogen-bond donors (Lipinski definition) is 1. The van der Waals surface area contributed by atoms with E-state index in [4.69, 9.17) is 23.2 Å². The molecule has 0 saturated heterocycles. The first kappa shape index (κ1) is 15.1. The average molecular weight is 334 g/mol. The van der Waals surface area contributed by atoms with Crippen molar-refractivity contribution < 1.29 is 5.11 Å². The first-order chi connectivity index (χ1) is 10.5. The van der Waals surface area contributed by atoms with E-state index in [9.17, 15) is 9.90 Å². The van der Waals surface area contributed by atoms with Crippen LogP contribution in [0.3, 0.4) is 0 Å². The third-order valence-electron chi connectivity index (χ3n) is 3.77. The van der Waals surface area contributed by atoms with Gasteiger partial charge in [0.05, 0.1) is 22.3 Å². The molecule has 0 spiro atoms. The van der Waals surface area contributed by atoms with E-state index in [1.807, 2.05) is 30.3 Å². The van der Waals surface area contributed by atoms with Crippen LogP contribution in [0.2, 0.25) is 10.0 Å². The molecule has 1 heterocycles. The highest BCUT2D eigenvalue weighted by Gasteiger charge is 2.17. The number of aromatic nitrogens is 1. The molecule has 1 aromatic heterocycles. The van der Waals surface area contributed by atoms with Gasteiger partial charge in [0.2, 0.25) is 0 Å². The second-order valence-corrected chi connectivity index (χ2v) is 5.84. The van der Waals surface area contributed by atoms with Crippen LogP contribution < -0.4 is 5.56 Å². The zero-order valence-electron chi connectivity index (χ0n) is 11.8. The van der Waals surface area contributed by atoms with Crippen LogP contribution >= 0.6 is 23.2 Å². The monoisotopic (exact) mass is 333 g/mol. The van der Waals surface area contributed by atoms with E-state index < -0.39 is 0 Å². The Morgan fingerprint density at radius 1 is 1.05 bits per heavy atom. The van der Waals surface area contributed by atoms with Crippen molar-refractivity contribution in [3.63, 3.8) is 0 Å². The third-order valence-corrected chi connectivity index (χ3v) is 4.49. The minimum atomic E-state index is -0.244. The maximum Gasteiger partial charge on any atom is 0.258 e. The standard InChI is InChI=1S/C17H13Cl2NO2/c1-20-15(9-21)16(10-5-3-2-4-6-10)11-7-13(18)14(19)8-12(11)17(20)22/h2-8,21H,9H2,1H3. The summed E-state index contributed by atoms with van der Waals surface area (Å²) in [7, 11) is 1.64. The highest BCUT2D eigenvalue weighted by molar-refractivity contribution is 6.43. The molecule has 112 valence electrons. The zero-order valence-corrected chi connectivity index (χ0v) is 13.3. The van der Waals surface area contributed by atoms with Crippen molar-refractivity contribution >= 4 is 34.0 Å². The molecule has 0 fully saturated rings. The summed E-state index contributed by atoms with van der Waals surface area (Å²) in [5, 5.41) is 11.6. The summed E-state index contributed by atoms with van der Waals surface area (Å²) in [6.45, 7) is -0.244. The Bertz CT molecular complexity index is 918. The Labute approximate surface area is 137 Å². The van der Waals surface area contributed by atoms with Gasteiger partial charge in [-0.25, -0.2) is 0 Å². The lowest BCUT2D eigenvalue weighted by atomic mass is 9.97. The molecule has 1 N–H and O–H groups in total. The number of nitrogens with zero attached hydrogens (tertiary/aromatic N) is 1. The fourth-order valence-corrected chi connectivity index (χ4v) is 3.00. The van der Waals surface area contributed by atoms with E-state index in [1.165, 1.54) is 4.57 Å². The van der Waals surface area contributed by atoms with E-state index in [0.29, 0.717) is 26.5 Å². The van der Waals surface area contributed by atoms with Crippen LogP contribution in [0.5, 0.6) is 0 Å². The minimum Gasteiger partial charge on any atom is -0.390 e. The van der Waals surface area contributed by atoms with Crippen molar-refractivity contribution in [1.29, 1.82) is 0 Å². The van der Waals surface area contributed by atoms with Crippen molar-refractivity contribution in [3.05, 3.63) is 68.6 Å². The number of halogens is 2. The van der Waals surface area contributed by atoms with Crippen molar-refractivity contribution in [2.75, 3.05) is 0 Å². The molecule has 2 aromatic carbocycles. The van der Waals surface area contributed by atoms with E-state index >= 15 is 0 Å². The molecular weight excluding hydrogens is 321 g/mol. The lowest BCUT2D eigenvalue weighted by molar-refractivity contribution is 0.272. The number of pyridine rings is 1. The number of hydrogen-bond acceptors (Lipinski definition) is 2. The smallest absolute Gasteiger partial charge is 0.258 e. The predicted octanol–water partition coefficient (Wildman–Crippen LogP) is 4.00. The van der Waals surface area contributed by atoms with Gasteiger partial charge in [-0.05, 0) is 23.1 Å². The number of rotatable bonds is 2. The SMILES string of the molecule is Cn1c(CO)c(-c2ccccc2)c2cc(Cl)c(Cl)cc2c1=O. The van der Waals surface area contributed by atoms with Gasteiger partial charge in [0.1, 0.15) is 0 Å². The number of fused-ring (bicyclic) bond motifs is 1. The maximum atomic E-state index is 12.5. The molecule has 0 aliphatic heterocycles. The number of benzene rings is 2. The van der Waals surface area contributed by atoms with E-state index in [-0.39, 0.29) is 12.2 Å². The van der Waals surface area contributed by atoms with Gasteiger partial charge in [-0.15, -0.1) is 0 Å². The molecule has 0 aliphatic rings. The van der Waals surface area contributed by atoms with Gasteiger partial charge in [0.15, 0.2) is 0 Å². The van der Waals surface area contributed by atoms with Crippen LogP contribution in [0, 0.1) is 0 Å². The molecule has 0 aliphatic carbocycles. The molecule has 3 nitrogen and oxygen atoms in total. The Kier molecular flexibility index (Phi) is 3.96. The minimum absolute atomic E-state index is 0.211. The summed E-state index contributed by atoms with van der Waals surface area (Å²) in [6, 6.07) is 12.9. The van der Waals surface area contributed by atoms with E-state index in [2.05, 4.69) is 0 Å². The van der Waals surface area contributed by atoms with Crippen molar-refractivity contribution in [3.8, 4) is 11.1 Å². The largest absolute Gasteiger partial charge is 0.390 e. The van der Waals surface area contributed by atoms with Crippen LogP contribution in [0.15, 0.2) is 47.3 Å². The molecule has 0 radical (unpaired) electrons. The van der Waals surface area contributed by atoms with Crippen LogP contribution in [0.1, 0.15) is 5.69 Å². The van der Waals surface area contributed by atoms with Crippen LogP contribution in [0.4, 0.5) is 0 Å². The Balaban J connectivity index is 2.56. The first-order valence-corrected chi connectivity index (χ1v) is 7.47. The molecule has 22 heavy (non-hydrogen) atoms. The van der Waals surface area contributed by atoms with Crippen molar-refractivity contribution in [2.45, 2.75) is 6.61 Å². The zero-order chi connectivity index (χ0) is 15.9. The number of aliphatic hydroxyl groups is 1. The maximum absolute atomic E-state index is 12.5. The normalized spacial score (nSPS) is 11.1. The molecule has 0 amide bonds. The fourth-order valence-electron chi connectivity index (χ4n) is 2.67. The molecule has 3 aromatic rings. The molecule has 0 saturated carbocycles. The lowest BCUT2D eigenvalue weighted by Gasteiger charge is -2.16. The molecule has 3 rings (SSSR count). The molecule has 0 bridgehead atoms. The fraction of sp³-hybridized carbons (Fsp3) is 0.118. The molecular formula is C17H13Cl2NO2. The molecule has 5 heteroatoms.